The summed E-state index contributed by atoms with van der Waals surface area (Å²) in [5.74, 6) is 0. The van der Waals surface area contributed by atoms with Gasteiger partial charge < -0.3 is 4.79 Å². The second-order valence-electron chi connectivity index (χ2n) is 5.18. The van der Waals surface area contributed by atoms with Crippen LogP contribution in [0.2, 0.25) is 0 Å². The fourth-order valence-corrected chi connectivity index (χ4v) is 1.18. The molecule has 0 amide bonds. The molecule has 0 N–H and O–H groups in total. The van der Waals surface area contributed by atoms with E-state index in [4.69, 9.17) is 0 Å². The van der Waals surface area contributed by atoms with Crippen molar-refractivity contribution in [1.29, 1.82) is 0 Å². The second kappa shape index (κ2) is 6.60. The Bertz CT molecular complexity index is 253. The molecule has 0 radical (unpaired) electrons. The topological polar surface area (TPSA) is 17.1 Å². The molecule has 15 heavy (non-hydrogen) atoms. The van der Waals surface area contributed by atoms with Crippen LogP contribution in [0.15, 0.2) is 23.3 Å². The Labute approximate surface area is 94.3 Å². The summed E-state index contributed by atoms with van der Waals surface area (Å²) in [6, 6.07) is 0. The fraction of sp³-hybridized carbons (Fsp3) is 0.643. The third-order valence-electron chi connectivity index (χ3n) is 2.39. The summed E-state index contributed by atoms with van der Waals surface area (Å²) in [4.78, 5) is 10.7. The van der Waals surface area contributed by atoms with Crippen LogP contribution in [0.4, 0.5) is 0 Å². The van der Waals surface area contributed by atoms with Crippen molar-refractivity contribution in [2.75, 3.05) is 0 Å². The Kier molecular flexibility index (Phi) is 6.23. The molecular weight excluding hydrogens is 184 g/mol. The highest BCUT2D eigenvalue weighted by Crippen LogP contribution is 2.19. The van der Waals surface area contributed by atoms with E-state index < -0.39 is 0 Å². The van der Waals surface area contributed by atoms with Gasteiger partial charge in [-0.15, -0.1) is 0 Å². The molecule has 0 fully saturated rings. The lowest BCUT2D eigenvalue weighted by atomic mass is 9.90. The van der Waals surface area contributed by atoms with Gasteiger partial charge in [-0.25, -0.2) is 0 Å². The van der Waals surface area contributed by atoms with Crippen molar-refractivity contribution in [2.24, 2.45) is 5.41 Å². The maximum Gasteiger partial charge on any atom is 0.125 e. The van der Waals surface area contributed by atoms with Gasteiger partial charge >= 0.3 is 0 Å². The standard InChI is InChI=1S/C14H24O/c1-12(2)7-6-8-13(3)9-10-14(4,5)11-15/h7,9,11H,6,8,10H2,1-5H3/b13-9-. The van der Waals surface area contributed by atoms with Gasteiger partial charge in [-0.1, -0.05) is 37.1 Å². The van der Waals surface area contributed by atoms with E-state index in [-0.39, 0.29) is 5.41 Å². The van der Waals surface area contributed by atoms with E-state index in [0.717, 1.165) is 25.5 Å². The lowest BCUT2D eigenvalue weighted by molar-refractivity contribution is -0.114. The molecule has 1 nitrogen and oxygen atoms in total. The second-order valence-corrected chi connectivity index (χ2v) is 5.18. The zero-order chi connectivity index (χ0) is 11.9. The van der Waals surface area contributed by atoms with Gasteiger partial charge in [-0.05, 0) is 40.0 Å². The van der Waals surface area contributed by atoms with Crippen molar-refractivity contribution in [3.8, 4) is 0 Å². The quantitative estimate of drug-likeness (QED) is 0.470. The SMILES string of the molecule is CC(C)=CCC/C(C)=C\CC(C)(C)C=O. The summed E-state index contributed by atoms with van der Waals surface area (Å²) in [5.41, 5.74) is 2.54. The van der Waals surface area contributed by atoms with Gasteiger partial charge in [0.15, 0.2) is 0 Å². The average molecular weight is 208 g/mol. The van der Waals surface area contributed by atoms with Crippen LogP contribution in [0, 0.1) is 5.41 Å². The molecule has 0 saturated heterocycles. The molecule has 86 valence electrons. The molecule has 0 atom stereocenters. The largest absolute Gasteiger partial charge is 0.303 e. The van der Waals surface area contributed by atoms with Crippen molar-refractivity contribution in [3.05, 3.63) is 23.3 Å². The Morgan fingerprint density at radius 2 is 1.73 bits per heavy atom. The summed E-state index contributed by atoms with van der Waals surface area (Å²) in [5, 5.41) is 0. The predicted octanol–water partition coefficient (Wildman–Crippen LogP) is 4.29. The molecular formula is C14H24O. The molecule has 0 heterocycles. The van der Waals surface area contributed by atoms with Crippen molar-refractivity contribution >= 4 is 6.29 Å². The van der Waals surface area contributed by atoms with Crippen LogP contribution in [0.3, 0.4) is 0 Å². The third kappa shape index (κ3) is 8.17. The van der Waals surface area contributed by atoms with E-state index in [9.17, 15) is 4.79 Å². The molecule has 0 aliphatic heterocycles. The normalized spacial score (nSPS) is 12.5. The van der Waals surface area contributed by atoms with Crippen LogP contribution < -0.4 is 0 Å². The van der Waals surface area contributed by atoms with Crippen molar-refractivity contribution in [2.45, 2.75) is 53.9 Å². The van der Waals surface area contributed by atoms with Crippen molar-refractivity contribution in [1.82, 2.24) is 0 Å². The molecule has 1 heteroatoms. The minimum absolute atomic E-state index is 0.211. The number of allylic oxidation sites excluding steroid dienone is 4. The van der Waals surface area contributed by atoms with Gasteiger partial charge in [-0.2, -0.15) is 0 Å². The number of aldehydes is 1. The Hall–Kier alpha value is -0.850. The van der Waals surface area contributed by atoms with Gasteiger partial charge in [0.2, 0.25) is 0 Å². The molecule has 0 aliphatic rings. The molecule has 0 saturated carbocycles. The van der Waals surface area contributed by atoms with Gasteiger partial charge in [0.05, 0.1) is 0 Å². The van der Waals surface area contributed by atoms with E-state index in [1.54, 1.807) is 0 Å². The molecule has 0 unspecified atom stereocenters. The van der Waals surface area contributed by atoms with Gasteiger partial charge in [0.25, 0.3) is 0 Å². The molecule has 0 aromatic rings. The fourth-order valence-electron chi connectivity index (χ4n) is 1.18. The van der Waals surface area contributed by atoms with Crippen LogP contribution in [0.25, 0.3) is 0 Å². The zero-order valence-corrected chi connectivity index (χ0v) is 10.8. The van der Waals surface area contributed by atoms with E-state index in [1.165, 1.54) is 11.1 Å². The first kappa shape index (κ1) is 14.2. The monoisotopic (exact) mass is 208 g/mol. The highest BCUT2D eigenvalue weighted by molar-refractivity contribution is 5.58. The Morgan fingerprint density at radius 1 is 1.13 bits per heavy atom. The number of hydrogen-bond acceptors (Lipinski definition) is 1. The maximum atomic E-state index is 10.7. The van der Waals surface area contributed by atoms with Crippen LogP contribution >= 0.6 is 0 Å². The first-order valence-corrected chi connectivity index (χ1v) is 5.63. The Balaban J connectivity index is 4.00. The summed E-state index contributed by atoms with van der Waals surface area (Å²) >= 11 is 0. The number of hydrogen-bond donors (Lipinski definition) is 0. The Morgan fingerprint density at radius 3 is 2.20 bits per heavy atom. The van der Waals surface area contributed by atoms with Crippen LogP contribution in [0.5, 0.6) is 0 Å². The molecule has 0 spiro atoms. The molecule has 0 aromatic heterocycles. The highest BCUT2D eigenvalue weighted by Gasteiger charge is 2.13. The van der Waals surface area contributed by atoms with Crippen LogP contribution in [0.1, 0.15) is 53.9 Å². The lowest BCUT2D eigenvalue weighted by Crippen LogP contribution is -2.11. The third-order valence-corrected chi connectivity index (χ3v) is 2.39. The van der Waals surface area contributed by atoms with Crippen molar-refractivity contribution < 1.29 is 4.79 Å². The van der Waals surface area contributed by atoms with E-state index in [1.807, 2.05) is 13.8 Å². The molecule has 0 aromatic carbocycles. The number of rotatable bonds is 6. The summed E-state index contributed by atoms with van der Waals surface area (Å²) in [6.45, 7) is 10.3. The summed E-state index contributed by atoms with van der Waals surface area (Å²) < 4.78 is 0. The van der Waals surface area contributed by atoms with Gasteiger partial charge in [-0.3, -0.25) is 0 Å². The molecule has 0 aliphatic carbocycles. The number of carbonyl (C=O) groups excluding carboxylic acids is 1. The first-order valence-electron chi connectivity index (χ1n) is 5.63. The van der Waals surface area contributed by atoms with Crippen LogP contribution in [-0.4, -0.2) is 6.29 Å². The predicted molar refractivity (Wildman–Crippen MR) is 66.9 cm³/mol. The highest BCUT2D eigenvalue weighted by atomic mass is 16.1. The first-order chi connectivity index (χ1) is 6.87. The van der Waals surface area contributed by atoms with Crippen LogP contribution in [-0.2, 0) is 4.79 Å². The lowest BCUT2D eigenvalue weighted by Gasteiger charge is -2.13. The van der Waals surface area contributed by atoms with Gasteiger partial charge in [0, 0.05) is 5.41 Å². The maximum absolute atomic E-state index is 10.7. The number of carbonyl (C=O) groups is 1. The smallest absolute Gasteiger partial charge is 0.125 e. The molecule has 0 bridgehead atoms. The summed E-state index contributed by atoms with van der Waals surface area (Å²) in [6.07, 6.45) is 8.52. The van der Waals surface area contributed by atoms with E-state index in [0.29, 0.717) is 0 Å². The molecule has 0 rings (SSSR count). The zero-order valence-electron chi connectivity index (χ0n) is 10.8. The average Bonchev–Trinajstić information content (AvgIpc) is 2.14. The minimum Gasteiger partial charge on any atom is -0.303 e. The van der Waals surface area contributed by atoms with E-state index >= 15 is 0 Å². The minimum atomic E-state index is -0.211. The van der Waals surface area contributed by atoms with Gasteiger partial charge in [0.1, 0.15) is 6.29 Å². The van der Waals surface area contributed by atoms with E-state index in [2.05, 4.69) is 32.9 Å². The van der Waals surface area contributed by atoms with Crippen molar-refractivity contribution in [3.63, 3.8) is 0 Å². The summed E-state index contributed by atoms with van der Waals surface area (Å²) in [7, 11) is 0.